The Labute approximate surface area is 178 Å². The number of carbonyl (C=O) groups excluding carboxylic acids is 2. The van der Waals surface area contributed by atoms with Gasteiger partial charge in [0, 0.05) is 17.1 Å². The lowest BCUT2D eigenvalue weighted by molar-refractivity contribution is -0.138. The first-order chi connectivity index (χ1) is 14.4. The Hall–Kier alpha value is -3.38. The van der Waals surface area contributed by atoms with Crippen LogP contribution in [-0.2, 0) is 14.4 Å². The van der Waals surface area contributed by atoms with Crippen LogP contribution in [0.5, 0.6) is 0 Å². The standard InChI is InChI=1S/C23H18ClN2O4/c24-16-10-11-23-13-25-22(30)21(18(23)3-1-2-15(23)12-16)14-4-6-17(7-5-14)26-19(27)8-9-20(28)29/h1-7,10-12H,8-9,13H2,(H,26,27)(H,28,29). The van der Waals surface area contributed by atoms with Crippen molar-refractivity contribution >= 4 is 40.6 Å². The van der Waals surface area contributed by atoms with Crippen LogP contribution in [0, 0.1) is 5.41 Å². The second-order valence-electron chi connectivity index (χ2n) is 7.24. The van der Waals surface area contributed by atoms with E-state index in [-0.39, 0.29) is 24.7 Å². The van der Waals surface area contributed by atoms with Crippen molar-refractivity contribution in [2.45, 2.75) is 12.8 Å². The molecule has 0 fully saturated rings. The average molecular weight is 422 g/mol. The molecule has 1 aliphatic heterocycles. The summed E-state index contributed by atoms with van der Waals surface area (Å²) in [7, 11) is 0. The summed E-state index contributed by atoms with van der Waals surface area (Å²) in [6.07, 6.45) is 11.2. The van der Waals surface area contributed by atoms with Crippen LogP contribution in [0.15, 0.2) is 76.9 Å². The fraction of sp³-hybridized carbons (Fsp3) is 0.174. The second kappa shape index (κ2) is 7.80. The van der Waals surface area contributed by atoms with Crippen LogP contribution in [0.1, 0.15) is 18.4 Å². The van der Waals surface area contributed by atoms with E-state index in [9.17, 15) is 14.4 Å². The number of hydrogen-bond donors (Lipinski definition) is 2. The number of aliphatic carboxylic acids is 1. The summed E-state index contributed by atoms with van der Waals surface area (Å²) in [4.78, 5) is 35.2. The molecule has 0 aromatic heterocycles. The number of halogens is 1. The van der Waals surface area contributed by atoms with Gasteiger partial charge in [0.1, 0.15) is 0 Å². The van der Waals surface area contributed by atoms with Crippen molar-refractivity contribution in [3.8, 4) is 0 Å². The molecule has 30 heavy (non-hydrogen) atoms. The molecule has 0 saturated carbocycles. The minimum absolute atomic E-state index is 0.103. The molecule has 1 spiro atoms. The third-order valence-corrected chi connectivity index (χ3v) is 5.57. The van der Waals surface area contributed by atoms with Gasteiger partial charge in [-0.3, -0.25) is 14.4 Å². The van der Waals surface area contributed by atoms with Gasteiger partial charge in [-0.1, -0.05) is 48.0 Å². The van der Waals surface area contributed by atoms with Crippen molar-refractivity contribution in [1.29, 1.82) is 0 Å². The van der Waals surface area contributed by atoms with Gasteiger partial charge in [-0.05, 0) is 41.0 Å². The van der Waals surface area contributed by atoms with Gasteiger partial charge in [-0.25, -0.2) is 5.32 Å². The number of carboxylic acids is 1. The van der Waals surface area contributed by atoms with E-state index < -0.39 is 11.4 Å². The Morgan fingerprint density at radius 2 is 1.93 bits per heavy atom. The SMILES string of the molecule is O=C(O)CCC(=O)Nc1ccc(C2=C3C=CC=C4C=C(Cl)C=CC43C[N]C2=O)cc1. The van der Waals surface area contributed by atoms with Crippen LogP contribution >= 0.6 is 11.6 Å². The van der Waals surface area contributed by atoms with Crippen LogP contribution in [0.25, 0.3) is 5.57 Å². The van der Waals surface area contributed by atoms with E-state index >= 15 is 0 Å². The summed E-state index contributed by atoms with van der Waals surface area (Å²) in [5.74, 6) is -1.69. The van der Waals surface area contributed by atoms with Crippen molar-refractivity contribution in [2.24, 2.45) is 5.41 Å². The molecule has 1 radical (unpaired) electrons. The number of anilines is 1. The van der Waals surface area contributed by atoms with Gasteiger partial charge in [0.25, 0.3) is 5.91 Å². The van der Waals surface area contributed by atoms with Crippen LogP contribution in [0.3, 0.4) is 0 Å². The molecule has 1 aromatic carbocycles. The fourth-order valence-corrected chi connectivity index (χ4v) is 4.03. The number of amides is 2. The fourth-order valence-electron chi connectivity index (χ4n) is 3.85. The van der Waals surface area contributed by atoms with Crippen molar-refractivity contribution < 1.29 is 19.5 Å². The van der Waals surface area contributed by atoms with Gasteiger partial charge < -0.3 is 10.4 Å². The number of nitrogens with zero attached hydrogens (tertiary/aromatic N) is 1. The maximum absolute atomic E-state index is 12.7. The first-order valence-corrected chi connectivity index (χ1v) is 9.81. The predicted octanol–water partition coefficient (Wildman–Crippen LogP) is 3.56. The number of benzene rings is 1. The maximum atomic E-state index is 12.7. The molecule has 2 N–H and O–H groups in total. The number of hydrogen-bond acceptors (Lipinski definition) is 3. The molecule has 1 heterocycles. The molecular formula is C23H18ClN2O4. The summed E-state index contributed by atoms with van der Waals surface area (Å²) in [5, 5.41) is 16.2. The molecule has 1 unspecified atom stereocenters. The van der Waals surface area contributed by atoms with Gasteiger partial charge >= 0.3 is 5.97 Å². The molecule has 4 rings (SSSR count). The molecule has 0 bridgehead atoms. The summed E-state index contributed by atoms with van der Waals surface area (Å²) < 4.78 is 0. The van der Waals surface area contributed by atoms with E-state index in [4.69, 9.17) is 16.7 Å². The molecule has 2 amide bonds. The number of carbonyl (C=O) groups is 3. The zero-order valence-corrected chi connectivity index (χ0v) is 16.6. The van der Waals surface area contributed by atoms with E-state index in [1.165, 1.54) is 0 Å². The second-order valence-corrected chi connectivity index (χ2v) is 7.68. The zero-order valence-electron chi connectivity index (χ0n) is 15.9. The lowest BCUT2D eigenvalue weighted by atomic mass is 9.65. The van der Waals surface area contributed by atoms with Crippen molar-refractivity contribution in [1.82, 2.24) is 5.32 Å². The van der Waals surface area contributed by atoms with E-state index in [0.717, 1.165) is 11.1 Å². The highest BCUT2D eigenvalue weighted by Crippen LogP contribution is 2.49. The predicted molar refractivity (Wildman–Crippen MR) is 114 cm³/mol. The molecule has 2 aliphatic carbocycles. The largest absolute Gasteiger partial charge is 0.481 e. The lowest BCUT2D eigenvalue weighted by Gasteiger charge is -2.40. The summed E-state index contributed by atoms with van der Waals surface area (Å²) in [5.41, 5.74) is 3.09. The first-order valence-electron chi connectivity index (χ1n) is 9.43. The van der Waals surface area contributed by atoms with Crippen LogP contribution in [0.2, 0.25) is 0 Å². The normalized spacial score (nSPS) is 21.8. The topological polar surface area (TPSA) is 97.6 Å². The Balaban J connectivity index is 1.65. The van der Waals surface area contributed by atoms with E-state index in [1.54, 1.807) is 24.3 Å². The molecular weight excluding hydrogens is 404 g/mol. The monoisotopic (exact) mass is 421 g/mol. The van der Waals surface area contributed by atoms with Crippen LogP contribution < -0.4 is 10.6 Å². The Morgan fingerprint density at radius 1 is 1.17 bits per heavy atom. The third kappa shape index (κ3) is 3.62. The van der Waals surface area contributed by atoms with Gasteiger partial charge in [0.2, 0.25) is 5.91 Å². The molecule has 0 saturated heterocycles. The van der Waals surface area contributed by atoms with Gasteiger partial charge in [-0.2, -0.15) is 0 Å². The van der Waals surface area contributed by atoms with Crippen LogP contribution in [-0.4, -0.2) is 29.4 Å². The quantitative estimate of drug-likeness (QED) is 0.759. The first kappa shape index (κ1) is 19.9. The summed E-state index contributed by atoms with van der Waals surface area (Å²) in [6, 6.07) is 6.88. The minimum atomic E-state index is -1.02. The van der Waals surface area contributed by atoms with Crippen molar-refractivity contribution in [3.63, 3.8) is 0 Å². The molecule has 3 aliphatic rings. The Morgan fingerprint density at radius 3 is 2.67 bits per heavy atom. The van der Waals surface area contributed by atoms with E-state index in [2.05, 4.69) is 10.6 Å². The smallest absolute Gasteiger partial charge is 0.303 e. The van der Waals surface area contributed by atoms with E-state index in [0.29, 0.717) is 28.4 Å². The van der Waals surface area contributed by atoms with Gasteiger partial charge in [0.15, 0.2) is 0 Å². The Bertz CT molecular complexity index is 1090. The average Bonchev–Trinajstić information content (AvgIpc) is 2.72. The molecule has 1 aromatic rings. The van der Waals surface area contributed by atoms with Crippen molar-refractivity contribution in [3.05, 3.63) is 82.5 Å². The molecule has 7 heteroatoms. The molecule has 6 nitrogen and oxygen atoms in total. The lowest BCUT2D eigenvalue weighted by Crippen LogP contribution is -2.42. The third-order valence-electron chi connectivity index (χ3n) is 5.33. The minimum Gasteiger partial charge on any atom is -0.481 e. The summed E-state index contributed by atoms with van der Waals surface area (Å²) in [6.45, 7) is 0.329. The zero-order chi connectivity index (χ0) is 21.3. The van der Waals surface area contributed by atoms with E-state index in [1.807, 2.05) is 36.5 Å². The number of nitrogens with one attached hydrogen (secondary N) is 1. The Kier molecular flexibility index (Phi) is 5.18. The van der Waals surface area contributed by atoms with Gasteiger partial charge in [0.05, 0.1) is 24.0 Å². The number of carboxylic acid groups (broad SMARTS) is 1. The van der Waals surface area contributed by atoms with Crippen molar-refractivity contribution in [2.75, 3.05) is 11.9 Å². The molecule has 1 atom stereocenters. The highest BCUT2D eigenvalue weighted by Gasteiger charge is 2.44. The molecule has 151 valence electrons. The highest BCUT2D eigenvalue weighted by atomic mass is 35.5. The maximum Gasteiger partial charge on any atom is 0.303 e. The number of allylic oxidation sites excluding steroid dienone is 6. The summed E-state index contributed by atoms with van der Waals surface area (Å²) >= 11 is 6.17. The van der Waals surface area contributed by atoms with Gasteiger partial charge in [-0.15, -0.1) is 0 Å². The highest BCUT2D eigenvalue weighted by molar-refractivity contribution is 6.31. The van der Waals surface area contributed by atoms with Crippen LogP contribution in [0.4, 0.5) is 5.69 Å². The number of rotatable bonds is 5.